The monoisotopic (exact) mass is 594 g/mol. The summed E-state index contributed by atoms with van der Waals surface area (Å²) in [6, 6.07) is 24.2. The Morgan fingerprint density at radius 3 is 2.65 bits per heavy atom. The number of hydrogen-bond acceptors (Lipinski definition) is 8. The second-order valence-electron chi connectivity index (χ2n) is 9.67. The third kappa shape index (κ3) is 5.43. The summed E-state index contributed by atoms with van der Waals surface area (Å²) in [7, 11) is 1.55. The zero-order valence-corrected chi connectivity index (χ0v) is 23.7. The molecule has 0 amide bonds. The molecule has 0 saturated heterocycles. The molecular weight excluding hydrogens is 572 g/mol. The Labute approximate surface area is 249 Å². The van der Waals surface area contributed by atoms with Crippen molar-refractivity contribution in [2.45, 2.75) is 13.5 Å². The Balaban J connectivity index is 1.51. The highest BCUT2D eigenvalue weighted by molar-refractivity contribution is 6.31. The van der Waals surface area contributed by atoms with Gasteiger partial charge in [0.1, 0.15) is 17.9 Å². The maximum atomic E-state index is 13.7. The van der Waals surface area contributed by atoms with Gasteiger partial charge in [0.25, 0.3) is 5.56 Å². The van der Waals surface area contributed by atoms with Crippen LogP contribution in [0.15, 0.2) is 99.2 Å². The number of methoxy groups -OCH3 is 1. The summed E-state index contributed by atoms with van der Waals surface area (Å²) in [4.78, 5) is 29.8. The molecule has 0 aliphatic carbocycles. The van der Waals surface area contributed by atoms with Crippen molar-refractivity contribution >= 4 is 45.4 Å². The van der Waals surface area contributed by atoms with Crippen molar-refractivity contribution in [3.8, 4) is 23.1 Å². The largest absolute Gasteiger partial charge is 0.496 e. The van der Waals surface area contributed by atoms with Gasteiger partial charge in [-0.05, 0) is 48.9 Å². The number of rotatable bonds is 8. The van der Waals surface area contributed by atoms with Crippen LogP contribution in [-0.2, 0) is 6.61 Å². The average molecular weight is 595 g/mol. The maximum Gasteiger partial charge on any atom is 0.313 e. The molecule has 2 heterocycles. The van der Waals surface area contributed by atoms with E-state index in [1.165, 1.54) is 18.3 Å². The Bertz CT molecular complexity index is 2120. The lowest BCUT2D eigenvalue weighted by Gasteiger charge is -2.11. The predicted octanol–water partition coefficient (Wildman–Crippen LogP) is 7.15. The lowest BCUT2D eigenvalue weighted by Crippen LogP contribution is -2.20. The molecule has 0 unspecified atom stereocenters. The number of para-hydroxylation sites is 1. The Kier molecular flexibility index (Phi) is 7.35. The number of furan rings is 1. The van der Waals surface area contributed by atoms with Gasteiger partial charge in [0, 0.05) is 16.7 Å². The molecule has 0 atom stereocenters. The minimum Gasteiger partial charge on any atom is -0.496 e. The van der Waals surface area contributed by atoms with Gasteiger partial charge in [0.05, 0.1) is 34.5 Å². The molecule has 0 spiro atoms. The molecule has 4 aromatic carbocycles. The van der Waals surface area contributed by atoms with Crippen LogP contribution in [-0.4, -0.2) is 27.9 Å². The van der Waals surface area contributed by atoms with Crippen molar-refractivity contribution in [2.24, 2.45) is 5.10 Å². The second kappa shape index (κ2) is 11.4. The van der Waals surface area contributed by atoms with Crippen molar-refractivity contribution in [2.75, 3.05) is 7.11 Å². The summed E-state index contributed by atoms with van der Waals surface area (Å²) in [6.45, 7) is 2.01. The first-order valence-corrected chi connectivity index (χ1v) is 13.5. The van der Waals surface area contributed by atoms with Crippen molar-refractivity contribution < 1.29 is 18.8 Å². The zero-order valence-electron chi connectivity index (χ0n) is 23.0. The number of nitro benzene ring substituents is 1. The fraction of sp³-hybridized carbons (Fsp3) is 0.0938. The molecule has 0 aliphatic heterocycles. The molecule has 2 aromatic heterocycles. The number of hydrogen-bond donors (Lipinski definition) is 0. The number of nitro groups is 1. The van der Waals surface area contributed by atoms with E-state index in [4.69, 9.17) is 25.5 Å². The average Bonchev–Trinajstić information content (AvgIpc) is 3.44. The van der Waals surface area contributed by atoms with E-state index < -0.39 is 10.5 Å². The van der Waals surface area contributed by atoms with Crippen LogP contribution in [0.25, 0.3) is 33.5 Å². The Hall–Kier alpha value is -5.48. The molecule has 6 aromatic rings. The third-order valence-electron chi connectivity index (χ3n) is 6.75. The Morgan fingerprint density at radius 2 is 1.86 bits per heavy atom. The van der Waals surface area contributed by atoms with Crippen LogP contribution in [0.1, 0.15) is 16.7 Å². The fourth-order valence-electron chi connectivity index (χ4n) is 4.78. The van der Waals surface area contributed by atoms with Crippen LogP contribution in [0.4, 0.5) is 5.69 Å². The molecule has 6 rings (SSSR count). The predicted molar refractivity (Wildman–Crippen MR) is 164 cm³/mol. The normalized spacial score (nSPS) is 11.4. The lowest BCUT2D eigenvalue weighted by atomic mass is 10.1. The summed E-state index contributed by atoms with van der Waals surface area (Å²) in [5.41, 5.74) is 2.21. The number of halogens is 1. The van der Waals surface area contributed by atoms with Gasteiger partial charge in [-0.3, -0.25) is 14.9 Å². The molecule has 0 N–H and O–H groups in total. The van der Waals surface area contributed by atoms with E-state index >= 15 is 0 Å². The molecular formula is C32H23ClN4O6. The highest BCUT2D eigenvalue weighted by atomic mass is 35.5. The van der Waals surface area contributed by atoms with Gasteiger partial charge in [-0.1, -0.05) is 59.6 Å². The number of ether oxygens (including phenoxy) is 2. The topological polar surface area (TPSA) is 122 Å². The van der Waals surface area contributed by atoms with E-state index in [-0.39, 0.29) is 40.2 Å². The van der Waals surface area contributed by atoms with Gasteiger partial charge in [0.2, 0.25) is 11.6 Å². The van der Waals surface area contributed by atoms with Crippen LogP contribution in [0.3, 0.4) is 0 Å². The molecule has 214 valence electrons. The minimum absolute atomic E-state index is 0.0449. The fourth-order valence-corrected chi connectivity index (χ4v) is 5.00. The van der Waals surface area contributed by atoms with Crippen molar-refractivity contribution in [1.82, 2.24) is 9.66 Å². The van der Waals surface area contributed by atoms with Crippen LogP contribution < -0.4 is 15.0 Å². The standard InChI is InChI=1S/C32H23ClN4O6/c1-19-7-5-8-20(13-19)18-42-30-21(14-22(33)15-26(30)37(39)40)17-34-36-31(35-25-10-4-3-9-23(25)32(36)38)29-16-24-27(41-2)11-6-12-28(24)43-29/h3-17H,18H2,1-2H3. The van der Waals surface area contributed by atoms with Crippen molar-refractivity contribution in [3.63, 3.8) is 0 Å². The molecule has 43 heavy (non-hydrogen) atoms. The summed E-state index contributed by atoms with van der Waals surface area (Å²) in [5, 5.41) is 17.5. The first kappa shape index (κ1) is 27.7. The van der Waals surface area contributed by atoms with E-state index in [1.807, 2.05) is 31.2 Å². The van der Waals surface area contributed by atoms with Crippen LogP contribution in [0.5, 0.6) is 11.5 Å². The van der Waals surface area contributed by atoms with Crippen LogP contribution in [0.2, 0.25) is 5.02 Å². The number of fused-ring (bicyclic) bond motifs is 2. The van der Waals surface area contributed by atoms with Gasteiger partial charge < -0.3 is 13.9 Å². The third-order valence-corrected chi connectivity index (χ3v) is 6.97. The highest BCUT2D eigenvalue weighted by Crippen LogP contribution is 2.35. The van der Waals surface area contributed by atoms with Crippen LogP contribution >= 0.6 is 11.6 Å². The quantitative estimate of drug-likeness (QED) is 0.104. The lowest BCUT2D eigenvalue weighted by molar-refractivity contribution is -0.385. The SMILES string of the molecule is COc1cccc2oc(-c3nc4ccccc4c(=O)n3N=Cc3cc(Cl)cc([N+](=O)[O-])c3OCc3cccc(C)c3)cc12. The minimum atomic E-state index is -0.578. The van der Waals surface area contributed by atoms with Gasteiger partial charge in [-0.2, -0.15) is 9.78 Å². The van der Waals surface area contributed by atoms with Gasteiger partial charge >= 0.3 is 5.69 Å². The van der Waals surface area contributed by atoms with Crippen molar-refractivity contribution in [3.05, 3.63) is 127 Å². The molecule has 0 saturated carbocycles. The number of aryl methyl sites for hydroxylation is 1. The van der Waals surface area contributed by atoms with E-state index in [1.54, 1.807) is 55.6 Å². The summed E-state index contributed by atoms with van der Waals surface area (Å²) in [6.07, 6.45) is 1.29. The van der Waals surface area contributed by atoms with E-state index in [0.717, 1.165) is 15.8 Å². The smallest absolute Gasteiger partial charge is 0.313 e. The summed E-state index contributed by atoms with van der Waals surface area (Å²) >= 11 is 6.27. The molecule has 11 heteroatoms. The van der Waals surface area contributed by atoms with Crippen LogP contribution in [0, 0.1) is 17.0 Å². The first-order chi connectivity index (χ1) is 20.8. The van der Waals surface area contributed by atoms with Gasteiger partial charge in [-0.25, -0.2) is 4.98 Å². The molecule has 0 radical (unpaired) electrons. The first-order valence-electron chi connectivity index (χ1n) is 13.1. The number of benzene rings is 4. The molecule has 10 nitrogen and oxygen atoms in total. The highest BCUT2D eigenvalue weighted by Gasteiger charge is 2.22. The van der Waals surface area contributed by atoms with E-state index in [2.05, 4.69) is 10.1 Å². The molecule has 0 fully saturated rings. The molecule has 0 bridgehead atoms. The second-order valence-corrected chi connectivity index (χ2v) is 10.1. The number of aromatic nitrogens is 2. The zero-order chi connectivity index (χ0) is 30.1. The van der Waals surface area contributed by atoms with E-state index in [9.17, 15) is 14.9 Å². The number of nitrogens with zero attached hydrogens (tertiary/aromatic N) is 4. The summed E-state index contributed by atoms with van der Waals surface area (Å²) < 4.78 is 18.6. The maximum absolute atomic E-state index is 13.7. The van der Waals surface area contributed by atoms with Gasteiger partial charge in [-0.15, -0.1) is 0 Å². The van der Waals surface area contributed by atoms with E-state index in [0.29, 0.717) is 27.6 Å². The Morgan fingerprint density at radius 1 is 1.05 bits per heavy atom. The molecule has 0 aliphatic rings. The van der Waals surface area contributed by atoms with Gasteiger partial charge in [0.15, 0.2) is 5.76 Å². The summed E-state index contributed by atoms with van der Waals surface area (Å²) in [5.74, 6) is 0.938. The van der Waals surface area contributed by atoms with Crippen molar-refractivity contribution in [1.29, 1.82) is 0 Å².